The first-order valence-corrected chi connectivity index (χ1v) is 7.42. The highest BCUT2D eigenvalue weighted by Gasteiger charge is 2.08. The SMILES string of the molecule is C/C(=N\NC(=O)COc1cc(C)ccc1C)c1cc(O)ccc1O. The van der Waals surface area contributed by atoms with Gasteiger partial charge in [0.1, 0.15) is 17.2 Å². The molecule has 0 bridgehead atoms. The van der Waals surface area contributed by atoms with Gasteiger partial charge in [0, 0.05) is 5.56 Å². The number of ether oxygens (including phenoxy) is 1. The fourth-order valence-corrected chi connectivity index (χ4v) is 2.06. The summed E-state index contributed by atoms with van der Waals surface area (Å²) in [5.74, 6) is 0.197. The highest BCUT2D eigenvalue weighted by Crippen LogP contribution is 2.22. The van der Waals surface area contributed by atoms with Crippen LogP contribution >= 0.6 is 0 Å². The van der Waals surface area contributed by atoms with Crippen molar-refractivity contribution in [1.82, 2.24) is 5.43 Å². The van der Waals surface area contributed by atoms with Gasteiger partial charge in [-0.1, -0.05) is 12.1 Å². The van der Waals surface area contributed by atoms with Crippen molar-refractivity contribution >= 4 is 11.6 Å². The number of carbonyl (C=O) groups is 1. The minimum atomic E-state index is -0.421. The van der Waals surface area contributed by atoms with Crippen molar-refractivity contribution in [2.75, 3.05) is 6.61 Å². The lowest BCUT2D eigenvalue weighted by molar-refractivity contribution is -0.123. The van der Waals surface area contributed by atoms with Gasteiger partial charge in [-0.3, -0.25) is 4.79 Å². The van der Waals surface area contributed by atoms with Crippen LogP contribution in [0.2, 0.25) is 0 Å². The normalized spacial score (nSPS) is 11.2. The van der Waals surface area contributed by atoms with Crippen molar-refractivity contribution in [3.8, 4) is 17.2 Å². The van der Waals surface area contributed by atoms with E-state index in [0.717, 1.165) is 11.1 Å². The molecule has 126 valence electrons. The van der Waals surface area contributed by atoms with Crippen molar-refractivity contribution in [3.63, 3.8) is 0 Å². The molecule has 0 spiro atoms. The van der Waals surface area contributed by atoms with E-state index in [-0.39, 0.29) is 18.1 Å². The van der Waals surface area contributed by atoms with E-state index >= 15 is 0 Å². The molecule has 0 fully saturated rings. The molecule has 0 saturated heterocycles. The molecule has 0 aliphatic heterocycles. The summed E-state index contributed by atoms with van der Waals surface area (Å²) >= 11 is 0. The number of hydrogen-bond acceptors (Lipinski definition) is 5. The fraction of sp³-hybridized carbons (Fsp3) is 0.222. The maximum atomic E-state index is 11.8. The lowest BCUT2D eigenvalue weighted by Crippen LogP contribution is -2.25. The largest absolute Gasteiger partial charge is 0.508 e. The van der Waals surface area contributed by atoms with E-state index in [4.69, 9.17) is 4.74 Å². The highest BCUT2D eigenvalue weighted by atomic mass is 16.5. The Morgan fingerprint density at radius 3 is 2.67 bits per heavy atom. The zero-order valence-electron chi connectivity index (χ0n) is 13.8. The first kappa shape index (κ1) is 17.3. The Hall–Kier alpha value is -3.02. The average Bonchev–Trinajstić information content (AvgIpc) is 2.55. The molecule has 0 aliphatic rings. The van der Waals surface area contributed by atoms with Crippen LogP contribution < -0.4 is 10.2 Å². The Morgan fingerprint density at radius 1 is 1.17 bits per heavy atom. The van der Waals surface area contributed by atoms with Crippen LogP contribution in [-0.2, 0) is 4.79 Å². The number of aromatic hydroxyl groups is 2. The van der Waals surface area contributed by atoms with Crippen molar-refractivity contribution < 1.29 is 19.7 Å². The molecule has 0 heterocycles. The average molecular weight is 328 g/mol. The molecule has 3 N–H and O–H groups in total. The number of phenolic OH excluding ortho intramolecular Hbond substituents is 2. The van der Waals surface area contributed by atoms with Gasteiger partial charge in [0.2, 0.25) is 0 Å². The van der Waals surface area contributed by atoms with E-state index < -0.39 is 5.91 Å². The third-order valence-electron chi connectivity index (χ3n) is 3.42. The number of carbonyl (C=O) groups excluding carboxylic acids is 1. The Labute approximate surface area is 140 Å². The molecule has 0 saturated carbocycles. The van der Waals surface area contributed by atoms with Crippen molar-refractivity contribution in [2.45, 2.75) is 20.8 Å². The summed E-state index contributed by atoms with van der Waals surface area (Å²) in [6.07, 6.45) is 0. The van der Waals surface area contributed by atoms with Gasteiger partial charge >= 0.3 is 0 Å². The van der Waals surface area contributed by atoms with Gasteiger partial charge in [0.25, 0.3) is 5.91 Å². The summed E-state index contributed by atoms with van der Waals surface area (Å²) in [5.41, 5.74) is 5.05. The second-order valence-corrected chi connectivity index (χ2v) is 5.49. The second-order valence-electron chi connectivity index (χ2n) is 5.49. The van der Waals surface area contributed by atoms with E-state index in [9.17, 15) is 15.0 Å². The Morgan fingerprint density at radius 2 is 1.92 bits per heavy atom. The summed E-state index contributed by atoms with van der Waals surface area (Å²) in [6.45, 7) is 5.29. The number of rotatable bonds is 5. The molecule has 24 heavy (non-hydrogen) atoms. The fourth-order valence-electron chi connectivity index (χ4n) is 2.06. The number of phenols is 2. The molecule has 0 radical (unpaired) electrons. The van der Waals surface area contributed by atoms with Gasteiger partial charge in [-0.25, -0.2) is 5.43 Å². The first-order valence-electron chi connectivity index (χ1n) is 7.42. The smallest absolute Gasteiger partial charge is 0.277 e. The van der Waals surface area contributed by atoms with Crippen LogP contribution in [-0.4, -0.2) is 28.4 Å². The standard InChI is InChI=1S/C18H20N2O4/c1-11-4-5-12(2)17(8-11)24-10-18(23)20-19-13(3)15-9-14(21)6-7-16(15)22/h4-9,21-22H,10H2,1-3H3,(H,20,23)/b19-13+. The van der Waals surface area contributed by atoms with Gasteiger partial charge in [0.15, 0.2) is 6.61 Å². The molecule has 1 amide bonds. The summed E-state index contributed by atoms with van der Waals surface area (Å²) in [7, 11) is 0. The summed E-state index contributed by atoms with van der Waals surface area (Å²) in [6, 6.07) is 9.85. The maximum absolute atomic E-state index is 11.8. The van der Waals surface area contributed by atoms with Crippen LogP contribution in [0.15, 0.2) is 41.5 Å². The zero-order valence-corrected chi connectivity index (χ0v) is 13.8. The number of hydrazone groups is 1. The number of nitrogens with one attached hydrogen (secondary N) is 1. The van der Waals surface area contributed by atoms with Crippen LogP contribution in [0.5, 0.6) is 17.2 Å². The lowest BCUT2D eigenvalue weighted by Gasteiger charge is -2.09. The predicted octanol–water partition coefficient (Wildman–Crippen LogP) is 2.63. The summed E-state index contributed by atoms with van der Waals surface area (Å²) in [5, 5.41) is 23.1. The highest BCUT2D eigenvalue weighted by molar-refractivity contribution is 6.01. The maximum Gasteiger partial charge on any atom is 0.277 e. The number of nitrogens with zero attached hydrogens (tertiary/aromatic N) is 1. The van der Waals surface area contributed by atoms with Crippen molar-refractivity contribution in [2.24, 2.45) is 5.10 Å². The number of benzene rings is 2. The lowest BCUT2D eigenvalue weighted by atomic mass is 10.1. The monoisotopic (exact) mass is 328 g/mol. The Bertz CT molecular complexity index is 785. The van der Waals surface area contributed by atoms with Crippen LogP contribution in [0.25, 0.3) is 0 Å². The van der Waals surface area contributed by atoms with E-state index in [0.29, 0.717) is 17.0 Å². The number of aryl methyl sites for hydroxylation is 2. The van der Waals surface area contributed by atoms with Gasteiger partial charge in [-0.2, -0.15) is 5.10 Å². The van der Waals surface area contributed by atoms with E-state index in [1.165, 1.54) is 18.2 Å². The van der Waals surface area contributed by atoms with Gasteiger partial charge < -0.3 is 14.9 Å². The predicted molar refractivity (Wildman–Crippen MR) is 91.5 cm³/mol. The van der Waals surface area contributed by atoms with E-state index in [1.807, 2.05) is 32.0 Å². The molecule has 2 aromatic carbocycles. The van der Waals surface area contributed by atoms with Crippen LogP contribution in [0.4, 0.5) is 0 Å². The van der Waals surface area contributed by atoms with Gasteiger partial charge in [-0.15, -0.1) is 0 Å². The van der Waals surface area contributed by atoms with Gasteiger partial charge in [-0.05, 0) is 56.2 Å². The molecule has 6 heteroatoms. The Balaban J connectivity index is 1.97. The van der Waals surface area contributed by atoms with Crippen molar-refractivity contribution in [3.05, 3.63) is 53.1 Å². The second kappa shape index (κ2) is 7.50. The molecule has 0 atom stereocenters. The quantitative estimate of drug-likeness (QED) is 0.447. The molecule has 0 aromatic heterocycles. The van der Waals surface area contributed by atoms with E-state index in [1.54, 1.807) is 6.92 Å². The molecule has 2 rings (SSSR count). The molecule has 0 aliphatic carbocycles. The van der Waals surface area contributed by atoms with Crippen molar-refractivity contribution in [1.29, 1.82) is 0 Å². The summed E-state index contributed by atoms with van der Waals surface area (Å²) in [4.78, 5) is 11.8. The molecular formula is C18H20N2O4. The number of amides is 1. The topological polar surface area (TPSA) is 91.2 Å². The van der Waals surface area contributed by atoms with Gasteiger partial charge in [0.05, 0.1) is 5.71 Å². The third-order valence-corrected chi connectivity index (χ3v) is 3.42. The zero-order chi connectivity index (χ0) is 17.7. The minimum Gasteiger partial charge on any atom is -0.508 e. The van der Waals surface area contributed by atoms with E-state index in [2.05, 4.69) is 10.5 Å². The first-order chi connectivity index (χ1) is 11.4. The summed E-state index contributed by atoms with van der Waals surface area (Å²) < 4.78 is 5.49. The molecular weight excluding hydrogens is 308 g/mol. The van der Waals surface area contributed by atoms with Crippen LogP contribution in [0.3, 0.4) is 0 Å². The third kappa shape index (κ3) is 4.49. The Kier molecular flexibility index (Phi) is 5.42. The molecule has 2 aromatic rings. The number of hydrogen-bond donors (Lipinski definition) is 3. The minimum absolute atomic E-state index is 0.00179. The molecule has 0 unspecified atom stereocenters. The molecule has 6 nitrogen and oxygen atoms in total. The van der Waals surface area contributed by atoms with Crippen LogP contribution in [0, 0.1) is 13.8 Å². The van der Waals surface area contributed by atoms with Crippen LogP contribution in [0.1, 0.15) is 23.6 Å².